The summed E-state index contributed by atoms with van der Waals surface area (Å²) in [6.07, 6.45) is 4.44. The fraction of sp³-hybridized carbons (Fsp3) is 0.588. The highest BCUT2D eigenvalue weighted by molar-refractivity contribution is 5.81. The molecule has 1 aliphatic carbocycles. The maximum Gasteiger partial charge on any atom is 0.225 e. The first-order valence-corrected chi connectivity index (χ1v) is 7.95. The number of hydrogen-bond donors (Lipinski definition) is 0. The Morgan fingerprint density at radius 3 is 2.52 bits per heavy atom. The lowest BCUT2D eigenvalue weighted by Gasteiger charge is -2.50. The zero-order chi connectivity index (χ0) is 14.4. The Morgan fingerprint density at radius 2 is 1.90 bits per heavy atom. The number of rotatable bonds is 3. The van der Waals surface area contributed by atoms with Crippen LogP contribution in [0.5, 0.6) is 0 Å². The molecule has 21 heavy (non-hydrogen) atoms. The zero-order valence-corrected chi connectivity index (χ0v) is 12.2. The Hall–Kier alpha value is -1.42. The molecular weight excluding hydrogens is 267 g/mol. The molecule has 0 radical (unpaired) electrons. The second-order valence-electron chi connectivity index (χ2n) is 6.81. The maximum absolute atomic E-state index is 13.0. The SMILES string of the molecule is O=C(C1CC1)N1CCC2(CCN2Cc2ccc(F)cc2)C1. The number of amides is 1. The third-order valence-electron chi connectivity index (χ3n) is 5.38. The molecule has 1 aromatic carbocycles. The van der Waals surface area contributed by atoms with Crippen molar-refractivity contribution in [1.82, 2.24) is 9.80 Å². The molecule has 1 atom stereocenters. The Morgan fingerprint density at radius 1 is 1.19 bits per heavy atom. The summed E-state index contributed by atoms with van der Waals surface area (Å²) in [5.74, 6) is 0.519. The quantitative estimate of drug-likeness (QED) is 0.853. The second kappa shape index (κ2) is 4.80. The highest BCUT2D eigenvalue weighted by Gasteiger charge is 2.51. The molecule has 1 saturated carbocycles. The van der Waals surface area contributed by atoms with Crippen molar-refractivity contribution in [2.75, 3.05) is 19.6 Å². The van der Waals surface area contributed by atoms with Crippen molar-refractivity contribution in [2.45, 2.75) is 37.8 Å². The van der Waals surface area contributed by atoms with Crippen molar-refractivity contribution in [3.63, 3.8) is 0 Å². The van der Waals surface area contributed by atoms with Crippen LogP contribution in [-0.2, 0) is 11.3 Å². The van der Waals surface area contributed by atoms with Gasteiger partial charge in [-0.25, -0.2) is 4.39 Å². The number of halogens is 1. The smallest absolute Gasteiger partial charge is 0.225 e. The first kappa shape index (κ1) is 13.3. The highest BCUT2D eigenvalue weighted by Crippen LogP contribution is 2.42. The summed E-state index contributed by atoms with van der Waals surface area (Å²) in [5, 5.41) is 0. The van der Waals surface area contributed by atoms with Crippen molar-refractivity contribution in [2.24, 2.45) is 5.92 Å². The third-order valence-corrected chi connectivity index (χ3v) is 5.38. The molecule has 3 fully saturated rings. The van der Waals surface area contributed by atoms with Crippen LogP contribution in [0.15, 0.2) is 24.3 Å². The first-order valence-electron chi connectivity index (χ1n) is 7.95. The van der Waals surface area contributed by atoms with Gasteiger partial charge < -0.3 is 4.90 Å². The Labute approximate surface area is 124 Å². The number of carbonyl (C=O) groups is 1. The molecule has 2 aliphatic heterocycles. The predicted molar refractivity (Wildman–Crippen MR) is 78.1 cm³/mol. The van der Waals surface area contributed by atoms with E-state index < -0.39 is 0 Å². The molecule has 2 heterocycles. The van der Waals surface area contributed by atoms with Crippen LogP contribution in [0.4, 0.5) is 4.39 Å². The summed E-state index contributed by atoms with van der Waals surface area (Å²) >= 11 is 0. The summed E-state index contributed by atoms with van der Waals surface area (Å²) in [7, 11) is 0. The summed E-state index contributed by atoms with van der Waals surface area (Å²) < 4.78 is 13.0. The molecule has 2 saturated heterocycles. The van der Waals surface area contributed by atoms with Gasteiger partial charge >= 0.3 is 0 Å². The predicted octanol–water partition coefficient (Wildman–Crippen LogP) is 2.41. The molecule has 1 amide bonds. The van der Waals surface area contributed by atoms with Gasteiger partial charge in [-0.2, -0.15) is 0 Å². The van der Waals surface area contributed by atoms with Gasteiger partial charge in [0.15, 0.2) is 0 Å². The number of likely N-dealkylation sites (tertiary alicyclic amines) is 2. The fourth-order valence-electron chi connectivity index (χ4n) is 3.74. The molecule has 3 aliphatic rings. The number of carbonyl (C=O) groups excluding carboxylic acids is 1. The molecule has 4 heteroatoms. The van der Waals surface area contributed by atoms with Gasteiger partial charge in [-0.15, -0.1) is 0 Å². The van der Waals surface area contributed by atoms with Gasteiger partial charge in [-0.1, -0.05) is 12.1 Å². The van der Waals surface area contributed by atoms with E-state index in [-0.39, 0.29) is 11.4 Å². The minimum atomic E-state index is -0.181. The van der Waals surface area contributed by atoms with Crippen molar-refractivity contribution in [1.29, 1.82) is 0 Å². The summed E-state index contributed by atoms with van der Waals surface area (Å²) in [6, 6.07) is 6.78. The van der Waals surface area contributed by atoms with Crippen LogP contribution >= 0.6 is 0 Å². The van der Waals surface area contributed by atoms with Crippen molar-refractivity contribution < 1.29 is 9.18 Å². The van der Waals surface area contributed by atoms with Crippen molar-refractivity contribution in [3.8, 4) is 0 Å². The van der Waals surface area contributed by atoms with Crippen molar-refractivity contribution in [3.05, 3.63) is 35.6 Å². The van der Waals surface area contributed by atoms with E-state index in [1.807, 2.05) is 12.1 Å². The van der Waals surface area contributed by atoms with E-state index in [9.17, 15) is 9.18 Å². The Bertz CT molecular complexity index is 554. The van der Waals surface area contributed by atoms with E-state index in [1.165, 1.54) is 18.6 Å². The van der Waals surface area contributed by atoms with E-state index in [0.717, 1.165) is 51.0 Å². The highest BCUT2D eigenvalue weighted by atomic mass is 19.1. The van der Waals surface area contributed by atoms with Gasteiger partial charge in [0.25, 0.3) is 0 Å². The number of benzene rings is 1. The standard InChI is InChI=1S/C17H21FN2O/c18-15-5-1-13(2-6-15)11-20-10-8-17(20)7-9-19(12-17)16(21)14-3-4-14/h1-2,5-6,14H,3-4,7-12H2. The van der Waals surface area contributed by atoms with Gasteiger partial charge in [0, 0.05) is 37.6 Å². The van der Waals surface area contributed by atoms with Crippen LogP contribution in [0.1, 0.15) is 31.2 Å². The molecule has 0 N–H and O–H groups in total. The van der Waals surface area contributed by atoms with E-state index in [0.29, 0.717) is 11.8 Å². The molecule has 112 valence electrons. The van der Waals surface area contributed by atoms with Crippen molar-refractivity contribution >= 4 is 5.91 Å². The summed E-state index contributed by atoms with van der Waals surface area (Å²) in [4.78, 5) is 16.8. The summed E-state index contributed by atoms with van der Waals surface area (Å²) in [5.41, 5.74) is 1.35. The third kappa shape index (κ3) is 2.35. The monoisotopic (exact) mass is 288 g/mol. The van der Waals surface area contributed by atoms with Crippen LogP contribution in [0.2, 0.25) is 0 Å². The molecule has 1 unspecified atom stereocenters. The maximum atomic E-state index is 13.0. The zero-order valence-electron chi connectivity index (χ0n) is 12.2. The van der Waals surface area contributed by atoms with Gasteiger partial charge in [-0.05, 0) is 43.4 Å². The Kier molecular flexibility index (Phi) is 3.03. The lowest BCUT2D eigenvalue weighted by Crippen LogP contribution is -2.60. The van der Waals surface area contributed by atoms with Gasteiger partial charge in [0.1, 0.15) is 5.82 Å². The lowest BCUT2D eigenvalue weighted by molar-refractivity contribution is -0.132. The second-order valence-corrected chi connectivity index (χ2v) is 6.81. The average molecular weight is 288 g/mol. The molecule has 0 bridgehead atoms. The number of hydrogen-bond acceptors (Lipinski definition) is 2. The van der Waals surface area contributed by atoms with Crippen LogP contribution < -0.4 is 0 Å². The van der Waals surface area contributed by atoms with Crippen LogP contribution in [0, 0.1) is 11.7 Å². The Balaban J connectivity index is 1.41. The molecular formula is C17H21FN2O. The molecule has 0 aromatic heterocycles. The van der Waals surface area contributed by atoms with Crippen LogP contribution in [0.25, 0.3) is 0 Å². The largest absolute Gasteiger partial charge is 0.341 e. The van der Waals surface area contributed by atoms with Crippen LogP contribution in [-0.4, -0.2) is 40.9 Å². The minimum Gasteiger partial charge on any atom is -0.341 e. The first-order chi connectivity index (χ1) is 10.2. The summed E-state index contributed by atoms with van der Waals surface area (Å²) in [6.45, 7) is 3.76. The van der Waals surface area contributed by atoms with Gasteiger partial charge in [0.05, 0.1) is 0 Å². The normalized spacial score (nSPS) is 28.9. The average Bonchev–Trinajstić information content (AvgIpc) is 3.22. The van der Waals surface area contributed by atoms with E-state index >= 15 is 0 Å². The fourth-order valence-corrected chi connectivity index (χ4v) is 3.74. The van der Waals surface area contributed by atoms with Gasteiger partial charge in [0.2, 0.25) is 5.91 Å². The van der Waals surface area contributed by atoms with E-state index in [1.54, 1.807) is 0 Å². The van der Waals surface area contributed by atoms with Gasteiger partial charge in [-0.3, -0.25) is 9.69 Å². The molecule has 4 rings (SSSR count). The lowest BCUT2D eigenvalue weighted by atomic mass is 9.83. The number of nitrogens with zero attached hydrogens (tertiary/aromatic N) is 2. The topological polar surface area (TPSA) is 23.6 Å². The molecule has 3 nitrogen and oxygen atoms in total. The van der Waals surface area contributed by atoms with Crippen LogP contribution in [0.3, 0.4) is 0 Å². The van der Waals surface area contributed by atoms with E-state index in [4.69, 9.17) is 0 Å². The molecule has 1 spiro atoms. The molecule has 1 aromatic rings. The minimum absolute atomic E-state index is 0.181. The van der Waals surface area contributed by atoms with E-state index in [2.05, 4.69) is 9.80 Å².